The van der Waals surface area contributed by atoms with Crippen LogP contribution >= 0.6 is 15.9 Å². The number of ether oxygens (including phenoxy) is 1. The van der Waals surface area contributed by atoms with E-state index in [0.29, 0.717) is 6.61 Å². The van der Waals surface area contributed by atoms with Crippen LogP contribution in [-0.2, 0) is 4.74 Å². The van der Waals surface area contributed by atoms with Gasteiger partial charge in [-0.25, -0.2) is 4.79 Å². The molecule has 0 radical (unpaired) electrons. The van der Waals surface area contributed by atoms with Gasteiger partial charge in [-0.2, -0.15) is 0 Å². The summed E-state index contributed by atoms with van der Waals surface area (Å²) in [5, 5.41) is 1.05. The smallest absolute Gasteiger partial charge is 0.409 e. The van der Waals surface area contributed by atoms with E-state index in [9.17, 15) is 4.79 Å². The number of amides is 1. The molecule has 0 aromatic heterocycles. The lowest BCUT2D eigenvalue weighted by atomic mass is 10.3. The summed E-state index contributed by atoms with van der Waals surface area (Å²) >= 11 is 3.42. The van der Waals surface area contributed by atoms with Crippen molar-refractivity contribution < 1.29 is 9.53 Å². The Morgan fingerprint density at radius 3 is 2.53 bits per heavy atom. The monoisotopic (exact) mass is 278 g/mol. The topological polar surface area (TPSA) is 32.8 Å². The lowest BCUT2D eigenvalue weighted by Crippen LogP contribution is -2.49. The van der Waals surface area contributed by atoms with Gasteiger partial charge >= 0.3 is 6.09 Å². The number of rotatable bonds is 4. The van der Waals surface area contributed by atoms with Crippen molar-refractivity contribution in [2.75, 3.05) is 44.7 Å². The van der Waals surface area contributed by atoms with Crippen LogP contribution in [0.5, 0.6) is 0 Å². The molecule has 0 N–H and O–H groups in total. The molecule has 1 fully saturated rings. The van der Waals surface area contributed by atoms with Crippen LogP contribution in [-0.4, -0.2) is 60.6 Å². The Hall–Kier alpha value is -0.290. The highest BCUT2D eigenvalue weighted by Gasteiger charge is 2.21. The van der Waals surface area contributed by atoms with E-state index in [2.05, 4.69) is 20.8 Å². The maximum Gasteiger partial charge on any atom is 0.409 e. The highest BCUT2D eigenvalue weighted by atomic mass is 79.9. The number of carbonyl (C=O) groups excluding carboxylic acids is 1. The van der Waals surface area contributed by atoms with E-state index < -0.39 is 0 Å². The van der Waals surface area contributed by atoms with Gasteiger partial charge in [-0.05, 0) is 19.9 Å². The van der Waals surface area contributed by atoms with Crippen LogP contribution in [0, 0.1) is 0 Å². The quantitative estimate of drug-likeness (QED) is 0.732. The number of alkyl halides is 1. The number of hydrogen-bond acceptors (Lipinski definition) is 3. The largest absolute Gasteiger partial charge is 0.450 e. The van der Waals surface area contributed by atoms with Gasteiger partial charge in [0.1, 0.15) is 0 Å². The minimum Gasteiger partial charge on any atom is -0.450 e. The summed E-state index contributed by atoms with van der Waals surface area (Å²) in [6.07, 6.45) is 0.997. The molecule has 0 aromatic carbocycles. The lowest BCUT2D eigenvalue weighted by molar-refractivity contribution is 0.0798. The van der Waals surface area contributed by atoms with Crippen LogP contribution in [0.3, 0.4) is 0 Å². The SMILES string of the molecule is CCOC(=O)N1CCN(CCCBr)CC1. The fourth-order valence-electron chi connectivity index (χ4n) is 1.65. The first-order valence-corrected chi connectivity index (χ1v) is 6.60. The highest BCUT2D eigenvalue weighted by Crippen LogP contribution is 2.04. The van der Waals surface area contributed by atoms with Gasteiger partial charge in [-0.15, -0.1) is 0 Å². The number of hydrogen-bond donors (Lipinski definition) is 0. The van der Waals surface area contributed by atoms with E-state index in [1.165, 1.54) is 6.42 Å². The normalized spacial score (nSPS) is 17.9. The van der Waals surface area contributed by atoms with Gasteiger partial charge in [0.25, 0.3) is 0 Å². The average molecular weight is 279 g/mol. The maximum atomic E-state index is 11.4. The van der Waals surface area contributed by atoms with E-state index >= 15 is 0 Å². The standard InChI is InChI=1S/C10H19BrN2O2/c1-2-15-10(14)13-8-6-12(7-9-13)5-3-4-11/h2-9H2,1H3. The second-order valence-electron chi connectivity index (χ2n) is 3.57. The molecule has 1 heterocycles. The molecule has 1 amide bonds. The highest BCUT2D eigenvalue weighted by molar-refractivity contribution is 9.09. The summed E-state index contributed by atoms with van der Waals surface area (Å²) in [7, 11) is 0. The van der Waals surface area contributed by atoms with E-state index in [1.54, 1.807) is 4.90 Å². The van der Waals surface area contributed by atoms with Gasteiger partial charge in [0.15, 0.2) is 0 Å². The first kappa shape index (κ1) is 12.8. The molecule has 5 heteroatoms. The van der Waals surface area contributed by atoms with Gasteiger partial charge in [0.2, 0.25) is 0 Å². The fraction of sp³-hybridized carbons (Fsp3) is 0.900. The predicted molar refractivity (Wildman–Crippen MR) is 63.4 cm³/mol. The summed E-state index contributed by atoms with van der Waals surface area (Å²) < 4.78 is 4.96. The fourth-order valence-corrected chi connectivity index (χ4v) is 1.90. The lowest BCUT2D eigenvalue weighted by Gasteiger charge is -2.33. The minimum absolute atomic E-state index is 0.169. The minimum atomic E-state index is -0.169. The van der Waals surface area contributed by atoms with Crippen molar-refractivity contribution >= 4 is 22.0 Å². The van der Waals surface area contributed by atoms with E-state index in [1.807, 2.05) is 6.92 Å². The number of nitrogens with zero attached hydrogens (tertiary/aromatic N) is 2. The summed E-state index contributed by atoms with van der Waals surface area (Å²) in [5.41, 5.74) is 0. The molecule has 0 saturated carbocycles. The van der Waals surface area contributed by atoms with Crippen LogP contribution < -0.4 is 0 Å². The number of piperazine rings is 1. The van der Waals surface area contributed by atoms with Gasteiger partial charge < -0.3 is 9.64 Å². The van der Waals surface area contributed by atoms with Crippen molar-refractivity contribution in [3.63, 3.8) is 0 Å². The second kappa shape index (κ2) is 7.06. The number of halogens is 1. The first-order chi connectivity index (χ1) is 7.27. The maximum absolute atomic E-state index is 11.4. The van der Waals surface area contributed by atoms with Gasteiger partial charge in [0, 0.05) is 31.5 Å². The average Bonchev–Trinajstić information content (AvgIpc) is 2.27. The van der Waals surface area contributed by atoms with Crippen molar-refractivity contribution in [1.29, 1.82) is 0 Å². The van der Waals surface area contributed by atoms with Crippen molar-refractivity contribution in [3.8, 4) is 0 Å². The molecule has 15 heavy (non-hydrogen) atoms. The van der Waals surface area contributed by atoms with Crippen LogP contribution in [0.2, 0.25) is 0 Å². The van der Waals surface area contributed by atoms with Crippen LogP contribution in [0.4, 0.5) is 4.79 Å². The second-order valence-corrected chi connectivity index (χ2v) is 4.36. The van der Waals surface area contributed by atoms with Crippen molar-refractivity contribution in [3.05, 3.63) is 0 Å². The Kier molecular flexibility index (Phi) is 6.02. The predicted octanol–water partition coefficient (Wildman–Crippen LogP) is 1.55. The van der Waals surface area contributed by atoms with Gasteiger partial charge in [-0.1, -0.05) is 15.9 Å². The first-order valence-electron chi connectivity index (χ1n) is 5.48. The molecule has 0 atom stereocenters. The van der Waals surface area contributed by atoms with E-state index in [0.717, 1.165) is 38.1 Å². The molecular weight excluding hydrogens is 260 g/mol. The Morgan fingerprint density at radius 1 is 1.33 bits per heavy atom. The van der Waals surface area contributed by atoms with E-state index in [-0.39, 0.29) is 6.09 Å². The molecule has 0 unspecified atom stereocenters. The molecule has 1 saturated heterocycles. The molecule has 0 aliphatic carbocycles. The van der Waals surface area contributed by atoms with Crippen LogP contribution in [0.15, 0.2) is 0 Å². The summed E-state index contributed by atoms with van der Waals surface area (Å²) in [4.78, 5) is 15.6. The Balaban J connectivity index is 2.20. The van der Waals surface area contributed by atoms with Crippen LogP contribution in [0.1, 0.15) is 13.3 Å². The van der Waals surface area contributed by atoms with Gasteiger partial charge in [-0.3, -0.25) is 4.90 Å². The third-order valence-electron chi connectivity index (χ3n) is 2.51. The van der Waals surface area contributed by atoms with Crippen molar-refractivity contribution in [2.24, 2.45) is 0 Å². The summed E-state index contributed by atoms with van der Waals surface area (Å²) in [6, 6.07) is 0. The third-order valence-corrected chi connectivity index (χ3v) is 3.07. The number of carbonyl (C=O) groups is 1. The van der Waals surface area contributed by atoms with Crippen LogP contribution in [0.25, 0.3) is 0 Å². The molecule has 1 aliphatic rings. The zero-order chi connectivity index (χ0) is 11.1. The molecular formula is C10H19BrN2O2. The molecule has 0 spiro atoms. The Labute approximate surface area is 99.7 Å². The Bertz CT molecular complexity index is 194. The van der Waals surface area contributed by atoms with E-state index in [4.69, 9.17) is 4.74 Å². The third kappa shape index (κ3) is 4.38. The van der Waals surface area contributed by atoms with Crippen molar-refractivity contribution in [2.45, 2.75) is 13.3 Å². The molecule has 4 nitrogen and oxygen atoms in total. The molecule has 88 valence electrons. The molecule has 1 rings (SSSR count). The van der Waals surface area contributed by atoms with Gasteiger partial charge in [0.05, 0.1) is 6.61 Å². The zero-order valence-electron chi connectivity index (χ0n) is 9.25. The summed E-state index contributed by atoms with van der Waals surface area (Å²) in [6.45, 7) is 6.93. The summed E-state index contributed by atoms with van der Waals surface area (Å²) in [5.74, 6) is 0. The zero-order valence-corrected chi connectivity index (χ0v) is 10.8. The molecule has 1 aliphatic heterocycles. The molecule has 0 aromatic rings. The molecule has 0 bridgehead atoms. The van der Waals surface area contributed by atoms with Crippen molar-refractivity contribution in [1.82, 2.24) is 9.80 Å². The Morgan fingerprint density at radius 2 is 2.00 bits per heavy atom.